The molecule has 2 amide bonds. The summed E-state index contributed by atoms with van der Waals surface area (Å²) in [7, 11) is 0. The van der Waals surface area contributed by atoms with Gasteiger partial charge in [-0.05, 0) is 38.5 Å². The maximum Gasteiger partial charge on any atom is 0.319 e. The van der Waals surface area contributed by atoms with Gasteiger partial charge in [-0.2, -0.15) is 10.4 Å². The third kappa shape index (κ3) is 4.07. The van der Waals surface area contributed by atoms with Crippen molar-refractivity contribution in [2.75, 3.05) is 5.32 Å². The quantitative estimate of drug-likeness (QED) is 0.886. The molecular formula is C17H20N6O2. The maximum atomic E-state index is 12.4. The molecule has 2 heterocycles. The second-order valence-electron chi connectivity index (χ2n) is 6.18. The summed E-state index contributed by atoms with van der Waals surface area (Å²) in [5, 5.41) is 18.9. The number of anilines is 1. The van der Waals surface area contributed by atoms with E-state index in [2.05, 4.69) is 26.8 Å². The van der Waals surface area contributed by atoms with E-state index in [0.29, 0.717) is 23.5 Å². The molecule has 0 saturated heterocycles. The Kier molecular flexibility index (Phi) is 4.84. The lowest BCUT2D eigenvalue weighted by molar-refractivity contribution is 0.239. The van der Waals surface area contributed by atoms with Crippen LogP contribution in [0.3, 0.4) is 0 Å². The Morgan fingerprint density at radius 3 is 3.08 bits per heavy atom. The molecule has 1 atom stereocenters. The van der Waals surface area contributed by atoms with Gasteiger partial charge in [0.05, 0.1) is 36.0 Å². The summed E-state index contributed by atoms with van der Waals surface area (Å²) < 4.78 is 7.50. The molecule has 0 radical (unpaired) electrons. The Labute approximate surface area is 145 Å². The van der Waals surface area contributed by atoms with Crippen LogP contribution in [0.1, 0.15) is 31.7 Å². The van der Waals surface area contributed by atoms with Crippen LogP contribution in [0.5, 0.6) is 5.75 Å². The van der Waals surface area contributed by atoms with Crippen molar-refractivity contribution in [1.82, 2.24) is 20.1 Å². The van der Waals surface area contributed by atoms with Crippen molar-refractivity contribution in [2.24, 2.45) is 0 Å². The van der Waals surface area contributed by atoms with Crippen LogP contribution in [-0.4, -0.2) is 32.9 Å². The van der Waals surface area contributed by atoms with Crippen molar-refractivity contribution < 1.29 is 9.53 Å². The lowest BCUT2D eigenvalue weighted by atomic mass is 10.1. The van der Waals surface area contributed by atoms with Crippen molar-refractivity contribution in [2.45, 2.75) is 45.4 Å². The van der Waals surface area contributed by atoms with E-state index in [0.717, 1.165) is 18.7 Å². The van der Waals surface area contributed by atoms with E-state index in [1.165, 1.54) is 6.33 Å². The van der Waals surface area contributed by atoms with Gasteiger partial charge in [-0.3, -0.25) is 0 Å². The second kappa shape index (κ2) is 7.21. The highest BCUT2D eigenvalue weighted by molar-refractivity contribution is 5.91. The smallest absolute Gasteiger partial charge is 0.319 e. The van der Waals surface area contributed by atoms with Crippen molar-refractivity contribution in [3.8, 4) is 11.8 Å². The van der Waals surface area contributed by atoms with E-state index in [9.17, 15) is 4.79 Å². The third-order valence-electron chi connectivity index (χ3n) is 3.86. The van der Waals surface area contributed by atoms with Crippen LogP contribution in [0.25, 0.3) is 0 Å². The van der Waals surface area contributed by atoms with Crippen LogP contribution < -0.4 is 15.4 Å². The second-order valence-corrected chi connectivity index (χ2v) is 6.18. The van der Waals surface area contributed by atoms with Gasteiger partial charge in [0.2, 0.25) is 0 Å². The van der Waals surface area contributed by atoms with E-state index < -0.39 is 0 Å². The number of carbonyl (C=O) groups is 1. The van der Waals surface area contributed by atoms with Gasteiger partial charge < -0.3 is 15.4 Å². The van der Waals surface area contributed by atoms with E-state index in [1.807, 2.05) is 13.8 Å². The molecule has 3 rings (SSSR count). The highest BCUT2D eigenvalue weighted by Gasteiger charge is 2.21. The van der Waals surface area contributed by atoms with E-state index >= 15 is 0 Å². The van der Waals surface area contributed by atoms with Crippen LogP contribution in [-0.2, 0) is 13.0 Å². The number of aromatic nitrogens is 3. The Morgan fingerprint density at radius 2 is 2.32 bits per heavy atom. The molecule has 0 bridgehead atoms. The molecule has 0 aliphatic carbocycles. The number of rotatable bonds is 4. The number of urea groups is 1. The third-order valence-corrected chi connectivity index (χ3v) is 3.86. The van der Waals surface area contributed by atoms with Gasteiger partial charge in [-0.15, -0.1) is 0 Å². The van der Waals surface area contributed by atoms with Gasteiger partial charge in [0, 0.05) is 6.42 Å². The molecule has 1 aromatic heterocycles. The number of nitriles is 1. The van der Waals surface area contributed by atoms with Crippen molar-refractivity contribution in [1.29, 1.82) is 5.26 Å². The lowest BCUT2D eigenvalue weighted by Crippen LogP contribution is -2.43. The predicted octanol–water partition coefficient (Wildman–Crippen LogP) is 2.07. The predicted molar refractivity (Wildman–Crippen MR) is 91.2 cm³/mol. The van der Waals surface area contributed by atoms with Crippen LogP contribution in [0, 0.1) is 11.3 Å². The fraction of sp³-hybridized carbons (Fsp3) is 0.412. The van der Waals surface area contributed by atoms with Gasteiger partial charge in [-0.1, -0.05) is 0 Å². The minimum absolute atomic E-state index is 0.0252. The molecule has 1 aromatic carbocycles. The van der Waals surface area contributed by atoms with Gasteiger partial charge in [0.1, 0.15) is 17.9 Å². The van der Waals surface area contributed by atoms with E-state index in [4.69, 9.17) is 10.00 Å². The molecule has 1 unspecified atom stereocenters. The molecule has 130 valence electrons. The first-order valence-electron chi connectivity index (χ1n) is 8.20. The van der Waals surface area contributed by atoms with E-state index in [1.54, 1.807) is 22.9 Å². The summed E-state index contributed by atoms with van der Waals surface area (Å²) in [5.41, 5.74) is 0.929. The van der Waals surface area contributed by atoms with E-state index in [-0.39, 0.29) is 18.2 Å². The van der Waals surface area contributed by atoms with Crippen molar-refractivity contribution in [3.05, 3.63) is 35.9 Å². The number of hydrogen-bond acceptors (Lipinski definition) is 5. The topological polar surface area (TPSA) is 105 Å². The molecule has 2 aromatic rings. The minimum Gasteiger partial charge on any atom is -0.489 e. The molecular weight excluding hydrogens is 320 g/mol. The number of aryl methyl sites for hydroxylation is 1. The monoisotopic (exact) mass is 340 g/mol. The largest absolute Gasteiger partial charge is 0.489 e. The Balaban J connectivity index is 1.67. The average molecular weight is 340 g/mol. The summed E-state index contributed by atoms with van der Waals surface area (Å²) in [6.45, 7) is 4.40. The molecule has 1 aliphatic rings. The number of nitrogens with zero attached hydrogens (tertiary/aromatic N) is 4. The van der Waals surface area contributed by atoms with Crippen molar-refractivity contribution >= 4 is 11.7 Å². The molecule has 8 nitrogen and oxygen atoms in total. The van der Waals surface area contributed by atoms with Crippen molar-refractivity contribution in [3.63, 3.8) is 0 Å². The molecule has 25 heavy (non-hydrogen) atoms. The molecule has 2 N–H and O–H groups in total. The molecule has 1 aliphatic heterocycles. The molecule has 0 saturated carbocycles. The first-order chi connectivity index (χ1) is 12.0. The lowest BCUT2D eigenvalue weighted by Gasteiger charge is -2.24. The number of fused-ring (bicyclic) bond motifs is 1. The maximum absolute atomic E-state index is 12.4. The van der Waals surface area contributed by atoms with Gasteiger partial charge in [0.15, 0.2) is 0 Å². The summed E-state index contributed by atoms with van der Waals surface area (Å²) in [6.07, 6.45) is 3.07. The zero-order valence-corrected chi connectivity index (χ0v) is 14.2. The first-order valence-corrected chi connectivity index (χ1v) is 8.20. The summed E-state index contributed by atoms with van der Waals surface area (Å²) >= 11 is 0. The van der Waals surface area contributed by atoms with Crippen LogP contribution >= 0.6 is 0 Å². The summed E-state index contributed by atoms with van der Waals surface area (Å²) in [6, 6.07) is 6.66. The Bertz CT molecular complexity index is 808. The highest BCUT2D eigenvalue weighted by atomic mass is 16.5. The first kappa shape index (κ1) is 16.8. The standard InChI is InChI=1S/C17H20N6O2/c1-11(2)25-15-5-3-12(8-18)7-14(15)22-17(24)21-13-4-6-16-19-10-20-23(16)9-13/h3,5,7,10-11,13H,4,6,9H2,1-2H3,(H2,21,22,24). The van der Waals surface area contributed by atoms with Gasteiger partial charge in [-0.25, -0.2) is 14.5 Å². The van der Waals surface area contributed by atoms with Gasteiger partial charge >= 0.3 is 6.03 Å². The summed E-state index contributed by atoms with van der Waals surface area (Å²) in [5.74, 6) is 1.47. The highest BCUT2D eigenvalue weighted by Crippen LogP contribution is 2.26. The van der Waals surface area contributed by atoms with Crippen LogP contribution in [0.4, 0.5) is 10.5 Å². The minimum atomic E-state index is -0.336. The number of ether oxygens (including phenoxy) is 1. The zero-order valence-electron chi connectivity index (χ0n) is 14.2. The number of amides is 2. The Hall–Kier alpha value is -3.08. The fourth-order valence-corrected chi connectivity index (χ4v) is 2.75. The summed E-state index contributed by atoms with van der Waals surface area (Å²) in [4.78, 5) is 16.5. The van der Waals surface area contributed by atoms with Crippen LogP contribution in [0.15, 0.2) is 24.5 Å². The van der Waals surface area contributed by atoms with Crippen LogP contribution in [0.2, 0.25) is 0 Å². The average Bonchev–Trinajstić information content (AvgIpc) is 3.03. The van der Waals surface area contributed by atoms with Gasteiger partial charge in [0.25, 0.3) is 0 Å². The fourth-order valence-electron chi connectivity index (χ4n) is 2.75. The Morgan fingerprint density at radius 1 is 1.48 bits per heavy atom. The number of carbonyl (C=O) groups excluding carboxylic acids is 1. The molecule has 0 spiro atoms. The normalized spacial score (nSPS) is 16.0. The number of nitrogens with one attached hydrogen (secondary N) is 2. The zero-order chi connectivity index (χ0) is 17.8. The molecule has 0 fully saturated rings. The number of hydrogen-bond donors (Lipinski definition) is 2. The number of benzene rings is 1. The SMILES string of the molecule is CC(C)Oc1ccc(C#N)cc1NC(=O)NC1CCc2ncnn2C1. The molecule has 8 heteroatoms.